The van der Waals surface area contributed by atoms with Gasteiger partial charge in [-0.25, -0.2) is 4.39 Å². The van der Waals surface area contributed by atoms with Crippen molar-refractivity contribution in [3.8, 4) is 0 Å². The monoisotopic (exact) mass is 293 g/mol. The van der Waals surface area contributed by atoms with Crippen LogP contribution in [0, 0.1) is 11.7 Å². The minimum atomic E-state index is -0.601. The summed E-state index contributed by atoms with van der Waals surface area (Å²) in [6, 6.07) is 5.63. The smallest absolute Gasteiger partial charge is 0.127 e. The van der Waals surface area contributed by atoms with Crippen LogP contribution in [0.2, 0.25) is 0 Å². The fraction of sp³-hybridized carbons (Fsp3) is 0.667. The first-order valence-electron chi connectivity index (χ1n) is 8.00. The molecule has 0 radical (unpaired) electrons. The Morgan fingerprint density at radius 1 is 1.29 bits per heavy atom. The Bertz CT molecular complexity index is 471. The molecular formula is C18H28FNO. The maximum absolute atomic E-state index is 14.2. The van der Waals surface area contributed by atoms with Gasteiger partial charge in [-0.15, -0.1) is 0 Å². The maximum Gasteiger partial charge on any atom is 0.127 e. The molecule has 1 N–H and O–H groups in total. The van der Waals surface area contributed by atoms with Crippen LogP contribution in [0.15, 0.2) is 18.2 Å². The predicted molar refractivity (Wildman–Crippen MR) is 84.8 cm³/mol. The van der Waals surface area contributed by atoms with Crippen LogP contribution in [-0.2, 0) is 6.54 Å². The number of hydrogen-bond donors (Lipinski definition) is 1. The summed E-state index contributed by atoms with van der Waals surface area (Å²) >= 11 is 0. The average Bonchev–Trinajstić information content (AvgIpc) is 2.40. The second kappa shape index (κ2) is 6.45. The van der Waals surface area contributed by atoms with Gasteiger partial charge in [0.2, 0.25) is 0 Å². The number of rotatable bonds is 4. The Labute approximate surface area is 128 Å². The Balaban J connectivity index is 1.95. The number of benzene rings is 1. The number of nitrogens with zero attached hydrogens (tertiary/aromatic N) is 1. The Morgan fingerprint density at radius 3 is 2.38 bits per heavy atom. The molecule has 0 saturated carbocycles. The first kappa shape index (κ1) is 16.4. The van der Waals surface area contributed by atoms with E-state index < -0.39 is 5.60 Å². The van der Waals surface area contributed by atoms with Crippen LogP contribution in [0.25, 0.3) is 0 Å². The fourth-order valence-electron chi connectivity index (χ4n) is 3.09. The zero-order chi connectivity index (χ0) is 15.6. The van der Waals surface area contributed by atoms with Gasteiger partial charge in [0.05, 0.1) is 5.60 Å². The molecule has 2 rings (SSSR count). The van der Waals surface area contributed by atoms with Crippen LogP contribution in [-0.4, -0.2) is 28.7 Å². The molecule has 1 fully saturated rings. The van der Waals surface area contributed by atoms with Gasteiger partial charge in [0.15, 0.2) is 0 Å². The zero-order valence-corrected chi connectivity index (χ0v) is 13.7. The first-order chi connectivity index (χ1) is 9.77. The van der Waals surface area contributed by atoms with Crippen LogP contribution >= 0.6 is 0 Å². The van der Waals surface area contributed by atoms with E-state index >= 15 is 0 Å². The van der Waals surface area contributed by atoms with Crippen LogP contribution in [0.1, 0.15) is 57.6 Å². The van der Waals surface area contributed by atoms with Gasteiger partial charge in [0, 0.05) is 12.1 Å². The first-order valence-corrected chi connectivity index (χ1v) is 8.00. The summed E-state index contributed by atoms with van der Waals surface area (Å²) in [6.45, 7) is 10.5. The lowest BCUT2D eigenvalue weighted by molar-refractivity contribution is -0.0137. The molecule has 1 aromatic rings. The second-order valence-corrected chi connectivity index (χ2v) is 7.21. The molecule has 0 unspecified atom stereocenters. The van der Waals surface area contributed by atoms with Gasteiger partial charge in [-0.1, -0.05) is 26.0 Å². The molecule has 0 bridgehead atoms. The molecule has 0 atom stereocenters. The van der Waals surface area contributed by atoms with Crippen molar-refractivity contribution in [3.63, 3.8) is 0 Å². The summed E-state index contributed by atoms with van der Waals surface area (Å²) < 4.78 is 14.2. The number of piperidine rings is 1. The van der Waals surface area contributed by atoms with Gasteiger partial charge in [0.1, 0.15) is 5.82 Å². The molecule has 0 aliphatic carbocycles. The lowest BCUT2D eigenvalue weighted by atomic mass is 9.83. The maximum atomic E-state index is 14.2. The van der Waals surface area contributed by atoms with E-state index in [-0.39, 0.29) is 5.82 Å². The van der Waals surface area contributed by atoms with E-state index in [4.69, 9.17) is 0 Å². The lowest BCUT2D eigenvalue weighted by Gasteiger charge is -2.37. The summed E-state index contributed by atoms with van der Waals surface area (Å²) in [7, 11) is 0. The highest BCUT2D eigenvalue weighted by atomic mass is 19.1. The Morgan fingerprint density at radius 2 is 1.90 bits per heavy atom. The molecule has 118 valence electrons. The summed E-state index contributed by atoms with van der Waals surface area (Å²) in [5.74, 6) is 0.615. The molecule has 3 heteroatoms. The Hall–Kier alpha value is -0.930. The molecule has 21 heavy (non-hydrogen) atoms. The van der Waals surface area contributed by atoms with E-state index in [9.17, 15) is 9.50 Å². The predicted octanol–water partition coefficient (Wildman–Crippen LogP) is 3.93. The molecule has 1 aliphatic heterocycles. The SMILES string of the molecule is CC(C)c1ccc(CN2CCC(C(C)(C)O)CC2)c(F)c1. The van der Waals surface area contributed by atoms with Crippen molar-refractivity contribution in [2.45, 2.75) is 58.6 Å². The van der Waals surface area contributed by atoms with Crippen molar-refractivity contribution in [3.05, 3.63) is 35.1 Å². The number of aliphatic hydroxyl groups is 1. The second-order valence-electron chi connectivity index (χ2n) is 7.21. The number of likely N-dealkylation sites (tertiary alicyclic amines) is 1. The molecule has 0 spiro atoms. The third-order valence-electron chi connectivity index (χ3n) is 4.72. The van der Waals surface area contributed by atoms with E-state index in [0.717, 1.165) is 37.1 Å². The molecule has 0 aromatic heterocycles. The molecule has 2 nitrogen and oxygen atoms in total. The highest BCUT2D eigenvalue weighted by Gasteiger charge is 2.30. The van der Waals surface area contributed by atoms with Gasteiger partial charge in [0.25, 0.3) is 0 Å². The van der Waals surface area contributed by atoms with Crippen molar-refractivity contribution in [1.29, 1.82) is 0 Å². The van der Waals surface area contributed by atoms with Crippen LogP contribution in [0.5, 0.6) is 0 Å². The largest absolute Gasteiger partial charge is 0.390 e. The van der Waals surface area contributed by atoms with E-state index in [2.05, 4.69) is 18.7 Å². The van der Waals surface area contributed by atoms with Gasteiger partial charge in [-0.2, -0.15) is 0 Å². The van der Waals surface area contributed by atoms with Crippen molar-refractivity contribution in [1.82, 2.24) is 4.90 Å². The lowest BCUT2D eigenvalue weighted by Crippen LogP contribution is -2.41. The van der Waals surface area contributed by atoms with E-state index in [1.165, 1.54) is 0 Å². The van der Waals surface area contributed by atoms with E-state index in [1.54, 1.807) is 6.07 Å². The zero-order valence-electron chi connectivity index (χ0n) is 13.7. The normalized spacial score (nSPS) is 18.4. The highest BCUT2D eigenvalue weighted by Crippen LogP contribution is 2.29. The van der Waals surface area contributed by atoms with Crippen molar-refractivity contribution >= 4 is 0 Å². The third kappa shape index (κ3) is 4.27. The summed E-state index contributed by atoms with van der Waals surface area (Å²) in [6.07, 6.45) is 1.96. The number of hydrogen-bond acceptors (Lipinski definition) is 2. The average molecular weight is 293 g/mol. The van der Waals surface area contributed by atoms with Crippen LogP contribution in [0.4, 0.5) is 4.39 Å². The number of halogens is 1. The molecule has 1 heterocycles. The van der Waals surface area contributed by atoms with Crippen LogP contribution < -0.4 is 0 Å². The molecule has 1 saturated heterocycles. The third-order valence-corrected chi connectivity index (χ3v) is 4.72. The minimum Gasteiger partial charge on any atom is -0.390 e. The standard InChI is InChI=1S/C18H28FNO/c1-13(2)14-5-6-15(17(19)11-14)12-20-9-7-16(8-10-20)18(3,4)21/h5-6,11,13,16,21H,7-10,12H2,1-4H3. The van der Waals surface area contributed by atoms with Crippen molar-refractivity contribution < 1.29 is 9.50 Å². The van der Waals surface area contributed by atoms with Gasteiger partial charge in [-0.05, 0) is 63.2 Å². The summed E-state index contributed by atoms with van der Waals surface area (Å²) in [5, 5.41) is 10.1. The van der Waals surface area contributed by atoms with E-state index in [0.29, 0.717) is 18.4 Å². The molecule has 1 aromatic carbocycles. The van der Waals surface area contributed by atoms with Crippen LogP contribution in [0.3, 0.4) is 0 Å². The van der Waals surface area contributed by atoms with Gasteiger partial charge >= 0.3 is 0 Å². The van der Waals surface area contributed by atoms with E-state index in [1.807, 2.05) is 26.0 Å². The highest BCUT2D eigenvalue weighted by molar-refractivity contribution is 5.26. The Kier molecular flexibility index (Phi) is 5.05. The topological polar surface area (TPSA) is 23.5 Å². The fourth-order valence-corrected chi connectivity index (χ4v) is 3.09. The summed E-state index contributed by atoms with van der Waals surface area (Å²) in [5.41, 5.74) is 1.23. The van der Waals surface area contributed by atoms with Crippen molar-refractivity contribution in [2.24, 2.45) is 5.92 Å². The molecule has 0 amide bonds. The van der Waals surface area contributed by atoms with Gasteiger partial charge in [-0.3, -0.25) is 4.90 Å². The van der Waals surface area contributed by atoms with Crippen molar-refractivity contribution in [2.75, 3.05) is 13.1 Å². The molecule has 1 aliphatic rings. The molecular weight excluding hydrogens is 265 g/mol. The van der Waals surface area contributed by atoms with Gasteiger partial charge < -0.3 is 5.11 Å². The quantitative estimate of drug-likeness (QED) is 0.909. The summed E-state index contributed by atoms with van der Waals surface area (Å²) in [4.78, 5) is 2.29. The minimum absolute atomic E-state index is 0.0918.